The molecule has 0 bridgehead atoms. The Kier molecular flexibility index (Phi) is 6.35. The molecule has 0 amide bonds. The van der Waals surface area contributed by atoms with Crippen molar-refractivity contribution in [2.75, 3.05) is 26.6 Å². The molecule has 1 aromatic carbocycles. The molecule has 0 atom stereocenters. The van der Waals surface area contributed by atoms with Gasteiger partial charge in [-0.3, -0.25) is 0 Å². The van der Waals surface area contributed by atoms with Gasteiger partial charge >= 0.3 is 0 Å². The predicted octanol–water partition coefficient (Wildman–Crippen LogP) is 3.82. The van der Waals surface area contributed by atoms with Crippen molar-refractivity contribution in [2.24, 2.45) is 5.41 Å². The third kappa shape index (κ3) is 3.72. The first kappa shape index (κ1) is 16.0. The van der Waals surface area contributed by atoms with Gasteiger partial charge in [0.15, 0.2) is 11.5 Å². The summed E-state index contributed by atoms with van der Waals surface area (Å²) in [6.45, 7) is 4.95. The van der Waals surface area contributed by atoms with E-state index >= 15 is 0 Å². The number of hydrogen-bond acceptors (Lipinski definition) is 4. The zero-order valence-corrected chi connectivity index (χ0v) is 13.1. The Morgan fingerprint density at radius 3 is 1.95 bits per heavy atom. The van der Waals surface area contributed by atoms with Crippen LogP contribution in [-0.2, 0) is 0 Å². The Bertz CT molecular complexity index is 358. The first-order valence-corrected chi connectivity index (χ1v) is 7.24. The summed E-state index contributed by atoms with van der Waals surface area (Å²) in [4.78, 5) is 0. The maximum absolute atomic E-state index is 5.99. The van der Waals surface area contributed by atoms with Crippen LogP contribution in [0.3, 0.4) is 0 Å². The van der Waals surface area contributed by atoms with Crippen molar-refractivity contribution in [3.8, 4) is 17.2 Å². The highest BCUT2D eigenvalue weighted by molar-refractivity contribution is 7.80. The van der Waals surface area contributed by atoms with Crippen LogP contribution in [0.4, 0.5) is 0 Å². The zero-order chi connectivity index (χ0) is 14.3. The van der Waals surface area contributed by atoms with Crippen molar-refractivity contribution in [1.29, 1.82) is 0 Å². The van der Waals surface area contributed by atoms with E-state index in [-0.39, 0.29) is 5.41 Å². The Morgan fingerprint density at radius 2 is 1.58 bits per heavy atom. The molecule has 4 heteroatoms. The second-order valence-electron chi connectivity index (χ2n) is 4.65. The van der Waals surface area contributed by atoms with Crippen LogP contribution in [0.5, 0.6) is 17.2 Å². The van der Waals surface area contributed by atoms with Gasteiger partial charge in [-0.05, 0) is 30.7 Å². The molecule has 108 valence electrons. The summed E-state index contributed by atoms with van der Waals surface area (Å²) in [6.07, 6.45) is 2.06. The lowest BCUT2D eigenvalue weighted by Crippen LogP contribution is -2.29. The molecule has 0 N–H and O–H groups in total. The van der Waals surface area contributed by atoms with Crippen LogP contribution < -0.4 is 14.2 Å². The van der Waals surface area contributed by atoms with E-state index in [4.69, 9.17) is 14.2 Å². The number of ether oxygens (including phenoxy) is 3. The lowest BCUT2D eigenvalue weighted by molar-refractivity contribution is 0.148. The van der Waals surface area contributed by atoms with Gasteiger partial charge in [0.2, 0.25) is 5.75 Å². The Balaban J connectivity index is 2.92. The zero-order valence-electron chi connectivity index (χ0n) is 12.2. The van der Waals surface area contributed by atoms with Crippen molar-refractivity contribution >= 4 is 12.6 Å². The van der Waals surface area contributed by atoms with E-state index in [1.54, 1.807) is 14.2 Å². The minimum atomic E-state index is 0.0922. The average molecular weight is 284 g/mol. The molecule has 3 nitrogen and oxygen atoms in total. The van der Waals surface area contributed by atoms with Gasteiger partial charge in [0.25, 0.3) is 0 Å². The van der Waals surface area contributed by atoms with Crippen molar-refractivity contribution in [2.45, 2.75) is 26.7 Å². The Hall–Kier alpha value is -1.03. The van der Waals surface area contributed by atoms with Gasteiger partial charge in [0.05, 0.1) is 20.8 Å². The summed E-state index contributed by atoms with van der Waals surface area (Å²) in [5.74, 6) is 2.86. The third-order valence-corrected chi connectivity index (χ3v) is 4.41. The van der Waals surface area contributed by atoms with Gasteiger partial charge in [0.1, 0.15) is 0 Å². The van der Waals surface area contributed by atoms with Gasteiger partial charge in [-0.2, -0.15) is 12.6 Å². The molecule has 0 saturated carbocycles. The summed E-state index contributed by atoms with van der Waals surface area (Å²) in [7, 11) is 3.26. The number of rotatable bonds is 8. The van der Waals surface area contributed by atoms with E-state index < -0.39 is 0 Å². The van der Waals surface area contributed by atoms with Crippen LogP contribution in [0.25, 0.3) is 0 Å². The Morgan fingerprint density at radius 1 is 1.05 bits per heavy atom. The smallest absolute Gasteiger partial charge is 0.203 e. The summed E-state index contributed by atoms with van der Waals surface area (Å²) in [6, 6.07) is 5.63. The van der Waals surface area contributed by atoms with Crippen molar-refractivity contribution < 1.29 is 14.2 Å². The van der Waals surface area contributed by atoms with Crippen molar-refractivity contribution in [1.82, 2.24) is 0 Å². The molecular formula is C15H24O3S. The highest BCUT2D eigenvalue weighted by atomic mass is 32.1. The maximum atomic E-state index is 5.99. The summed E-state index contributed by atoms with van der Waals surface area (Å²) >= 11 is 4.46. The van der Waals surface area contributed by atoms with Crippen LogP contribution in [0.15, 0.2) is 18.2 Å². The molecule has 0 spiro atoms. The molecule has 0 aliphatic carbocycles. The van der Waals surface area contributed by atoms with Crippen molar-refractivity contribution in [3.05, 3.63) is 18.2 Å². The van der Waals surface area contributed by atoms with E-state index in [2.05, 4.69) is 26.5 Å². The van der Waals surface area contributed by atoms with E-state index in [1.807, 2.05) is 18.2 Å². The number of hydrogen-bond donors (Lipinski definition) is 1. The molecule has 0 unspecified atom stereocenters. The van der Waals surface area contributed by atoms with Crippen molar-refractivity contribution in [3.63, 3.8) is 0 Å². The number of methoxy groups -OCH3 is 2. The molecule has 0 radical (unpaired) electrons. The molecule has 0 aliphatic rings. The monoisotopic (exact) mass is 284 g/mol. The molecule has 0 heterocycles. The topological polar surface area (TPSA) is 27.7 Å². The molecule has 0 aromatic heterocycles. The van der Waals surface area contributed by atoms with Crippen LogP contribution in [0.2, 0.25) is 0 Å². The SMILES string of the molecule is CCC(CC)(CS)COc1c(OC)cccc1OC. The highest BCUT2D eigenvalue weighted by Crippen LogP contribution is 2.39. The molecule has 1 aromatic rings. The summed E-state index contributed by atoms with van der Waals surface area (Å²) in [5, 5.41) is 0. The Labute approximate surface area is 121 Å². The lowest BCUT2D eigenvalue weighted by atomic mass is 9.85. The second kappa shape index (κ2) is 7.53. The first-order chi connectivity index (χ1) is 9.16. The van der Waals surface area contributed by atoms with Crippen LogP contribution in [0.1, 0.15) is 26.7 Å². The van der Waals surface area contributed by atoms with E-state index in [9.17, 15) is 0 Å². The molecule has 19 heavy (non-hydrogen) atoms. The first-order valence-electron chi connectivity index (χ1n) is 6.61. The van der Waals surface area contributed by atoms with Crippen LogP contribution in [0, 0.1) is 5.41 Å². The standard InChI is InChI=1S/C15H24O3S/c1-5-15(6-2,11-19)10-18-14-12(16-3)8-7-9-13(14)17-4/h7-9,19H,5-6,10-11H2,1-4H3. The quantitative estimate of drug-likeness (QED) is 0.735. The molecule has 0 aliphatic heterocycles. The summed E-state index contributed by atoms with van der Waals surface area (Å²) < 4.78 is 16.6. The van der Waals surface area contributed by atoms with E-state index in [0.717, 1.165) is 18.6 Å². The highest BCUT2D eigenvalue weighted by Gasteiger charge is 2.26. The maximum Gasteiger partial charge on any atom is 0.203 e. The molecule has 1 rings (SSSR count). The van der Waals surface area contributed by atoms with Gasteiger partial charge in [-0.1, -0.05) is 19.9 Å². The van der Waals surface area contributed by atoms with Gasteiger partial charge in [-0.25, -0.2) is 0 Å². The molecule has 0 saturated heterocycles. The van der Waals surface area contributed by atoms with E-state index in [0.29, 0.717) is 23.9 Å². The fourth-order valence-electron chi connectivity index (χ4n) is 1.91. The van der Waals surface area contributed by atoms with Gasteiger partial charge in [-0.15, -0.1) is 0 Å². The molecule has 0 fully saturated rings. The van der Waals surface area contributed by atoms with Gasteiger partial charge < -0.3 is 14.2 Å². The van der Waals surface area contributed by atoms with Gasteiger partial charge in [0, 0.05) is 5.41 Å². The van der Waals surface area contributed by atoms with E-state index in [1.165, 1.54) is 0 Å². The predicted molar refractivity (Wildman–Crippen MR) is 81.9 cm³/mol. The second-order valence-corrected chi connectivity index (χ2v) is 4.96. The number of thiol groups is 1. The third-order valence-electron chi connectivity index (χ3n) is 3.74. The number of para-hydroxylation sites is 1. The number of benzene rings is 1. The minimum Gasteiger partial charge on any atom is -0.493 e. The fourth-order valence-corrected chi connectivity index (χ4v) is 2.45. The van der Waals surface area contributed by atoms with Crippen LogP contribution >= 0.6 is 12.6 Å². The average Bonchev–Trinajstić information content (AvgIpc) is 2.48. The lowest BCUT2D eigenvalue weighted by Gasteiger charge is -2.30. The molecular weight excluding hydrogens is 260 g/mol. The largest absolute Gasteiger partial charge is 0.493 e. The minimum absolute atomic E-state index is 0.0922. The normalized spacial score (nSPS) is 11.2. The fraction of sp³-hybridized carbons (Fsp3) is 0.600. The summed E-state index contributed by atoms with van der Waals surface area (Å²) in [5.41, 5.74) is 0.0922. The van der Waals surface area contributed by atoms with Crippen LogP contribution in [-0.4, -0.2) is 26.6 Å².